The molecule has 0 atom stereocenters. The lowest BCUT2D eigenvalue weighted by atomic mass is 9.96. The van der Waals surface area contributed by atoms with E-state index >= 15 is 0 Å². The Kier molecular flexibility index (Phi) is 8.64. The summed E-state index contributed by atoms with van der Waals surface area (Å²) in [5, 5.41) is 11.0. The molecule has 0 bridgehead atoms. The number of anilines is 1. The summed E-state index contributed by atoms with van der Waals surface area (Å²) in [4.78, 5) is 39.6. The van der Waals surface area contributed by atoms with Crippen LogP contribution in [0.25, 0.3) is 16.9 Å². The number of hydrogen-bond acceptors (Lipinski definition) is 6. The number of carbonyl (C=O) groups excluding carboxylic acids is 1. The maximum Gasteiger partial charge on any atom is 0.490 e. The molecule has 1 aliphatic heterocycles. The lowest BCUT2D eigenvalue weighted by Gasteiger charge is -2.26. The van der Waals surface area contributed by atoms with Crippen LogP contribution >= 0.6 is 0 Å². The number of alkyl halides is 3. The van der Waals surface area contributed by atoms with Crippen LogP contribution in [0, 0.1) is 6.92 Å². The number of halogens is 5. The number of nitrogens with two attached hydrogens (primary N) is 1. The van der Waals surface area contributed by atoms with Crippen molar-refractivity contribution >= 4 is 17.6 Å². The van der Waals surface area contributed by atoms with Crippen molar-refractivity contribution in [1.82, 2.24) is 19.3 Å². The Hall–Kier alpha value is -4.40. The van der Waals surface area contributed by atoms with Crippen LogP contribution in [0.5, 0.6) is 0 Å². The Labute approximate surface area is 217 Å². The highest BCUT2D eigenvalue weighted by atomic mass is 19.4. The standard InChI is InChI=1S/C22H22F2N6O2.C2HF3O2/c1-13-7-17(29-12-27-30(22(29)32)11-16(9-25)21(23)24)10-26-20(13)15-3-5-18-14(8-15)4-6-19(31)28(18)2;3-2(4,5)1(6)7/h3,5,7-8,10,12H,4,6,9,11,25H2,1-2H3;(H,6,7). The van der Waals surface area contributed by atoms with E-state index in [2.05, 4.69) is 10.1 Å². The predicted octanol–water partition coefficient (Wildman–Crippen LogP) is 3.06. The minimum Gasteiger partial charge on any atom is -0.475 e. The highest BCUT2D eigenvalue weighted by Crippen LogP contribution is 2.32. The molecular weight excluding hydrogens is 531 g/mol. The molecule has 2 aromatic heterocycles. The first-order valence-electron chi connectivity index (χ1n) is 11.3. The van der Waals surface area contributed by atoms with E-state index in [0.29, 0.717) is 18.5 Å². The molecule has 0 aliphatic carbocycles. The Morgan fingerprint density at radius 3 is 2.38 bits per heavy atom. The molecule has 4 rings (SSSR count). The number of hydrogen-bond donors (Lipinski definition) is 2. The van der Waals surface area contributed by atoms with E-state index in [1.165, 1.54) is 10.9 Å². The third-order valence-electron chi connectivity index (χ3n) is 5.87. The summed E-state index contributed by atoms with van der Waals surface area (Å²) in [5.74, 6) is -2.66. The van der Waals surface area contributed by atoms with Crippen molar-refractivity contribution < 1.29 is 36.6 Å². The van der Waals surface area contributed by atoms with Crippen molar-refractivity contribution in [2.75, 3.05) is 18.5 Å². The Morgan fingerprint density at radius 1 is 1.15 bits per heavy atom. The molecular formula is C24H23F5N6O4. The number of fused-ring (bicyclic) bond motifs is 1. The fourth-order valence-corrected chi connectivity index (χ4v) is 3.80. The van der Waals surface area contributed by atoms with Crippen LogP contribution in [0.15, 0.2) is 53.2 Å². The third kappa shape index (κ3) is 6.54. The molecule has 1 aliphatic rings. The van der Waals surface area contributed by atoms with Gasteiger partial charge in [0.05, 0.1) is 24.1 Å². The van der Waals surface area contributed by atoms with Crippen LogP contribution in [0.3, 0.4) is 0 Å². The molecule has 208 valence electrons. The quantitative estimate of drug-likeness (QED) is 0.463. The van der Waals surface area contributed by atoms with Crippen LogP contribution < -0.4 is 16.3 Å². The largest absolute Gasteiger partial charge is 0.490 e. The number of aromatic nitrogens is 4. The zero-order valence-electron chi connectivity index (χ0n) is 20.7. The van der Waals surface area contributed by atoms with Crippen molar-refractivity contribution in [3.63, 3.8) is 0 Å². The molecule has 0 spiro atoms. The van der Waals surface area contributed by atoms with Crippen LogP contribution in [-0.2, 0) is 22.6 Å². The monoisotopic (exact) mass is 554 g/mol. The number of carbonyl (C=O) groups is 2. The predicted molar refractivity (Wildman–Crippen MR) is 130 cm³/mol. The second-order valence-corrected chi connectivity index (χ2v) is 8.47. The number of aryl methyl sites for hydroxylation is 2. The molecule has 0 fully saturated rings. The number of carboxylic acid groups (broad SMARTS) is 1. The lowest BCUT2D eigenvalue weighted by Crippen LogP contribution is -2.31. The molecule has 1 aromatic carbocycles. The van der Waals surface area contributed by atoms with Crippen molar-refractivity contribution in [3.05, 3.63) is 70.1 Å². The van der Waals surface area contributed by atoms with Gasteiger partial charge in [0.15, 0.2) is 0 Å². The van der Waals surface area contributed by atoms with Gasteiger partial charge in [-0.15, -0.1) is 0 Å². The van der Waals surface area contributed by atoms with Crippen LogP contribution in [-0.4, -0.2) is 56.1 Å². The fraction of sp³-hybridized carbons (Fsp3) is 0.292. The average Bonchev–Trinajstić information content (AvgIpc) is 3.24. The molecule has 1 amide bonds. The first kappa shape index (κ1) is 29.2. The SMILES string of the molecule is Cc1cc(-n2cnn(CC(CN)=C(F)F)c2=O)cnc1-c1ccc2c(c1)CCC(=O)N2C.O=C(O)C(F)(F)F. The number of carboxylic acids is 1. The topological polar surface area (TPSA) is 136 Å². The average molecular weight is 554 g/mol. The minimum atomic E-state index is -5.08. The molecule has 15 heteroatoms. The minimum absolute atomic E-state index is 0.0956. The van der Waals surface area contributed by atoms with Gasteiger partial charge in [-0.1, -0.05) is 6.07 Å². The van der Waals surface area contributed by atoms with Crippen LogP contribution in [0.4, 0.5) is 27.6 Å². The first-order chi connectivity index (χ1) is 18.2. The van der Waals surface area contributed by atoms with E-state index in [4.69, 9.17) is 15.6 Å². The summed E-state index contributed by atoms with van der Waals surface area (Å²) < 4.78 is 59.7. The van der Waals surface area contributed by atoms with E-state index in [1.54, 1.807) is 24.2 Å². The van der Waals surface area contributed by atoms with E-state index < -0.39 is 23.9 Å². The molecule has 3 N–H and O–H groups in total. The van der Waals surface area contributed by atoms with Gasteiger partial charge in [0.1, 0.15) is 6.33 Å². The third-order valence-corrected chi connectivity index (χ3v) is 5.87. The van der Waals surface area contributed by atoms with E-state index in [9.17, 15) is 31.5 Å². The number of aliphatic carboxylic acids is 1. The van der Waals surface area contributed by atoms with E-state index in [-0.39, 0.29) is 24.6 Å². The zero-order chi connectivity index (χ0) is 29.1. The van der Waals surface area contributed by atoms with Gasteiger partial charge in [0, 0.05) is 36.8 Å². The second-order valence-electron chi connectivity index (χ2n) is 8.47. The van der Waals surface area contributed by atoms with Gasteiger partial charge >= 0.3 is 17.8 Å². The number of nitrogens with zero attached hydrogens (tertiary/aromatic N) is 5. The normalized spacial score (nSPS) is 12.9. The maximum absolute atomic E-state index is 12.9. The van der Waals surface area contributed by atoms with Gasteiger partial charge in [0.25, 0.3) is 6.08 Å². The van der Waals surface area contributed by atoms with Gasteiger partial charge in [0.2, 0.25) is 5.91 Å². The molecule has 0 saturated carbocycles. The molecule has 0 saturated heterocycles. The second kappa shape index (κ2) is 11.6. The summed E-state index contributed by atoms with van der Waals surface area (Å²) in [5.41, 5.74) is 9.37. The summed E-state index contributed by atoms with van der Waals surface area (Å²) in [6.45, 7) is 1.15. The number of pyridine rings is 1. The van der Waals surface area contributed by atoms with Gasteiger partial charge in [-0.05, 0) is 42.7 Å². The smallest absolute Gasteiger partial charge is 0.475 e. The molecule has 3 aromatic rings. The summed E-state index contributed by atoms with van der Waals surface area (Å²) >= 11 is 0. The van der Waals surface area contributed by atoms with Gasteiger partial charge in [-0.3, -0.25) is 9.78 Å². The Morgan fingerprint density at radius 2 is 1.82 bits per heavy atom. The molecule has 39 heavy (non-hydrogen) atoms. The van der Waals surface area contributed by atoms with Crippen LogP contribution in [0.2, 0.25) is 0 Å². The summed E-state index contributed by atoms with van der Waals surface area (Å²) in [6.07, 6.45) is -3.03. The van der Waals surface area contributed by atoms with Gasteiger partial charge in [-0.2, -0.15) is 27.1 Å². The van der Waals surface area contributed by atoms with Crippen molar-refractivity contribution in [2.24, 2.45) is 5.73 Å². The number of rotatable bonds is 5. The molecule has 3 heterocycles. The summed E-state index contributed by atoms with van der Waals surface area (Å²) in [6, 6.07) is 7.65. The van der Waals surface area contributed by atoms with Gasteiger partial charge < -0.3 is 15.7 Å². The highest BCUT2D eigenvalue weighted by molar-refractivity contribution is 5.96. The Balaban J connectivity index is 0.000000532. The van der Waals surface area contributed by atoms with Crippen molar-refractivity contribution in [3.8, 4) is 16.9 Å². The molecule has 0 unspecified atom stereocenters. The fourth-order valence-electron chi connectivity index (χ4n) is 3.80. The Bertz CT molecular complexity index is 1490. The van der Waals surface area contributed by atoms with Crippen LogP contribution in [0.1, 0.15) is 17.5 Å². The number of benzene rings is 1. The molecule has 0 radical (unpaired) electrons. The van der Waals surface area contributed by atoms with E-state index in [0.717, 1.165) is 32.8 Å². The maximum atomic E-state index is 12.9. The first-order valence-corrected chi connectivity index (χ1v) is 11.3. The van der Waals surface area contributed by atoms with Crippen molar-refractivity contribution in [2.45, 2.75) is 32.5 Å². The van der Waals surface area contributed by atoms with Gasteiger partial charge in [-0.25, -0.2) is 18.8 Å². The molecule has 10 nitrogen and oxygen atoms in total. The summed E-state index contributed by atoms with van der Waals surface area (Å²) in [7, 11) is 1.77. The van der Waals surface area contributed by atoms with E-state index in [1.807, 2.05) is 25.1 Å². The zero-order valence-corrected chi connectivity index (χ0v) is 20.7. The lowest BCUT2D eigenvalue weighted by molar-refractivity contribution is -0.192. The number of amides is 1. The highest BCUT2D eigenvalue weighted by Gasteiger charge is 2.38. The van der Waals surface area contributed by atoms with Crippen molar-refractivity contribution in [1.29, 1.82) is 0 Å².